The Morgan fingerprint density at radius 1 is 1.06 bits per heavy atom. The molecule has 0 unspecified atom stereocenters. The first-order valence-electron chi connectivity index (χ1n) is 6.82. The SMILES string of the molecule is OC[C@@H]1OC2(CCCC2)O[C@H]1Cc1ccccc1. The summed E-state index contributed by atoms with van der Waals surface area (Å²) in [4.78, 5) is 0. The Morgan fingerprint density at radius 2 is 1.72 bits per heavy atom. The summed E-state index contributed by atoms with van der Waals surface area (Å²) in [6.45, 7) is 0.0409. The molecule has 0 bridgehead atoms. The van der Waals surface area contributed by atoms with Gasteiger partial charge in [-0.3, -0.25) is 0 Å². The molecular weight excluding hydrogens is 228 g/mol. The third kappa shape index (κ3) is 2.30. The highest BCUT2D eigenvalue weighted by Gasteiger charge is 2.48. The van der Waals surface area contributed by atoms with E-state index in [1.807, 2.05) is 18.2 Å². The monoisotopic (exact) mass is 248 g/mol. The van der Waals surface area contributed by atoms with Crippen molar-refractivity contribution in [1.82, 2.24) is 0 Å². The van der Waals surface area contributed by atoms with Crippen LogP contribution in [0.25, 0.3) is 0 Å². The van der Waals surface area contributed by atoms with Gasteiger partial charge in [0.15, 0.2) is 5.79 Å². The van der Waals surface area contributed by atoms with Crippen molar-refractivity contribution in [3.8, 4) is 0 Å². The van der Waals surface area contributed by atoms with Crippen LogP contribution in [0.4, 0.5) is 0 Å². The molecule has 2 fully saturated rings. The number of rotatable bonds is 3. The van der Waals surface area contributed by atoms with Crippen molar-refractivity contribution >= 4 is 0 Å². The highest BCUT2D eigenvalue weighted by molar-refractivity contribution is 5.16. The summed E-state index contributed by atoms with van der Waals surface area (Å²) in [7, 11) is 0. The summed E-state index contributed by atoms with van der Waals surface area (Å²) in [6.07, 6.45) is 4.88. The molecule has 1 aromatic rings. The number of aliphatic hydroxyl groups excluding tert-OH is 1. The predicted octanol–water partition coefficient (Wildman–Crippen LogP) is 2.28. The van der Waals surface area contributed by atoms with Crippen LogP contribution in [0, 0.1) is 0 Å². The van der Waals surface area contributed by atoms with Gasteiger partial charge in [0.2, 0.25) is 0 Å². The zero-order chi connectivity index (χ0) is 12.4. The van der Waals surface area contributed by atoms with Gasteiger partial charge in [0.25, 0.3) is 0 Å². The molecule has 3 nitrogen and oxygen atoms in total. The number of hydrogen-bond donors (Lipinski definition) is 1. The van der Waals surface area contributed by atoms with Crippen molar-refractivity contribution in [3.05, 3.63) is 35.9 Å². The van der Waals surface area contributed by atoms with Crippen molar-refractivity contribution in [2.75, 3.05) is 6.61 Å². The lowest BCUT2D eigenvalue weighted by molar-refractivity contribution is -0.171. The quantitative estimate of drug-likeness (QED) is 0.892. The van der Waals surface area contributed by atoms with Gasteiger partial charge in [-0.15, -0.1) is 0 Å². The van der Waals surface area contributed by atoms with Crippen LogP contribution < -0.4 is 0 Å². The van der Waals surface area contributed by atoms with Gasteiger partial charge in [-0.05, 0) is 18.4 Å². The minimum absolute atomic E-state index is 0.0181. The smallest absolute Gasteiger partial charge is 0.169 e. The molecule has 98 valence electrons. The maximum absolute atomic E-state index is 9.45. The summed E-state index contributed by atoms with van der Waals surface area (Å²) >= 11 is 0. The Balaban J connectivity index is 1.71. The van der Waals surface area contributed by atoms with Gasteiger partial charge in [-0.2, -0.15) is 0 Å². The molecule has 3 rings (SSSR count). The van der Waals surface area contributed by atoms with Crippen molar-refractivity contribution in [2.45, 2.75) is 50.1 Å². The second-order valence-corrected chi connectivity index (χ2v) is 5.30. The molecule has 1 heterocycles. The Morgan fingerprint density at radius 3 is 2.39 bits per heavy atom. The second kappa shape index (κ2) is 5.00. The molecule has 1 saturated heterocycles. The predicted molar refractivity (Wildman–Crippen MR) is 68.2 cm³/mol. The van der Waals surface area contributed by atoms with E-state index in [0.717, 1.165) is 32.1 Å². The lowest BCUT2D eigenvalue weighted by Crippen LogP contribution is -2.28. The van der Waals surface area contributed by atoms with Gasteiger partial charge in [0.1, 0.15) is 6.10 Å². The molecule has 2 atom stereocenters. The molecule has 1 N–H and O–H groups in total. The van der Waals surface area contributed by atoms with Crippen LogP contribution in [0.1, 0.15) is 31.2 Å². The van der Waals surface area contributed by atoms with E-state index in [2.05, 4.69) is 12.1 Å². The third-order valence-electron chi connectivity index (χ3n) is 3.97. The van der Waals surface area contributed by atoms with Gasteiger partial charge in [-0.1, -0.05) is 30.3 Å². The Labute approximate surface area is 108 Å². The van der Waals surface area contributed by atoms with Crippen molar-refractivity contribution < 1.29 is 14.6 Å². The molecule has 1 aliphatic carbocycles. The summed E-state index contributed by atoms with van der Waals surface area (Å²) in [5.74, 6) is -0.396. The molecule has 0 aromatic heterocycles. The molecule has 1 spiro atoms. The fraction of sp³-hybridized carbons (Fsp3) is 0.600. The summed E-state index contributed by atoms with van der Waals surface area (Å²) in [5, 5.41) is 9.45. The third-order valence-corrected chi connectivity index (χ3v) is 3.97. The fourth-order valence-electron chi connectivity index (χ4n) is 3.06. The maximum Gasteiger partial charge on any atom is 0.169 e. The zero-order valence-corrected chi connectivity index (χ0v) is 10.5. The second-order valence-electron chi connectivity index (χ2n) is 5.30. The summed E-state index contributed by atoms with van der Waals surface area (Å²) in [6, 6.07) is 10.3. The molecule has 2 aliphatic rings. The standard InChI is InChI=1S/C15H20O3/c16-11-14-13(10-12-6-2-1-3-7-12)17-15(18-14)8-4-5-9-15/h1-3,6-7,13-14,16H,4-5,8-11H2/t13-,14-/m0/s1. The first-order valence-corrected chi connectivity index (χ1v) is 6.82. The van der Waals surface area contributed by atoms with Gasteiger partial charge >= 0.3 is 0 Å². The minimum atomic E-state index is -0.396. The van der Waals surface area contributed by atoms with Gasteiger partial charge in [-0.25, -0.2) is 0 Å². The Bertz CT molecular complexity index is 384. The first kappa shape index (κ1) is 12.2. The number of aliphatic hydroxyl groups is 1. The average Bonchev–Trinajstić information content (AvgIpc) is 2.99. The van der Waals surface area contributed by atoms with Crippen LogP contribution in [0.3, 0.4) is 0 Å². The fourth-order valence-corrected chi connectivity index (χ4v) is 3.06. The molecule has 1 aromatic carbocycles. The van der Waals surface area contributed by atoms with Gasteiger partial charge in [0.05, 0.1) is 12.7 Å². The molecule has 0 radical (unpaired) electrons. The van der Waals surface area contributed by atoms with E-state index in [9.17, 15) is 5.11 Å². The van der Waals surface area contributed by atoms with Gasteiger partial charge < -0.3 is 14.6 Å². The van der Waals surface area contributed by atoms with E-state index in [-0.39, 0.29) is 18.8 Å². The molecule has 3 heteroatoms. The van der Waals surface area contributed by atoms with E-state index in [1.54, 1.807) is 0 Å². The molecule has 18 heavy (non-hydrogen) atoms. The van der Waals surface area contributed by atoms with Crippen LogP contribution in [0.5, 0.6) is 0 Å². The van der Waals surface area contributed by atoms with Crippen molar-refractivity contribution in [2.24, 2.45) is 0 Å². The lowest BCUT2D eigenvalue weighted by atomic mass is 10.0. The highest BCUT2D eigenvalue weighted by Crippen LogP contribution is 2.42. The zero-order valence-electron chi connectivity index (χ0n) is 10.5. The first-order chi connectivity index (χ1) is 8.81. The number of benzene rings is 1. The van der Waals surface area contributed by atoms with Crippen molar-refractivity contribution in [3.63, 3.8) is 0 Å². The molecular formula is C15H20O3. The lowest BCUT2D eigenvalue weighted by Gasteiger charge is -2.21. The van der Waals surface area contributed by atoms with Crippen LogP contribution in [0.2, 0.25) is 0 Å². The van der Waals surface area contributed by atoms with Gasteiger partial charge in [0, 0.05) is 19.3 Å². The van der Waals surface area contributed by atoms with E-state index in [1.165, 1.54) is 5.56 Å². The normalized spacial score (nSPS) is 30.1. The largest absolute Gasteiger partial charge is 0.394 e. The van der Waals surface area contributed by atoms with E-state index in [0.29, 0.717) is 0 Å². The number of ether oxygens (including phenoxy) is 2. The minimum Gasteiger partial charge on any atom is -0.394 e. The van der Waals surface area contributed by atoms with E-state index in [4.69, 9.17) is 9.47 Å². The Kier molecular flexibility index (Phi) is 3.37. The van der Waals surface area contributed by atoms with Crippen LogP contribution in [-0.2, 0) is 15.9 Å². The summed E-state index contributed by atoms with van der Waals surface area (Å²) < 4.78 is 12.1. The molecule has 1 saturated carbocycles. The van der Waals surface area contributed by atoms with Crippen LogP contribution in [-0.4, -0.2) is 29.7 Å². The van der Waals surface area contributed by atoms with Crippen LogP contribution in [0.15, 0.2) is 30.3 Å². The average molecular weight is 248 g/mol. The van der Waals surface area contributed by atoms with Crippen molar-refractivity contribution in [1.29, 1.82) is 0 Å². The van der Waals surface area contributed by atoms with E-state index < -0.39 is 5.79 Å². The van der Waals surface area contributed by atoms with Crippen LogP contribution >= 0.6 is 0 Å². The highest BCUT2D eigenvalue weighted by atomic mass is 16.8. The number of hydrogen-bond acceptors (Lipinski definition) is 3. The molecule has 0 amide bonds. The topological polar surface area (TPSA) is 38.7 Å². The maximum atomic E-state index is 9.45. The van der Waals surface area contributed by atoms with E-state index >= 15 is 0 Å². The molecule has 1 aliphatic heterocycles. The summed E-state index contributed by atoms with van der Waals surface area (Å²) in [5.41, 5.74) is 1.24. The Hall–Kier alpha value is -0.900.